The van der Waals surface area contributed by atoms with Crippen molar-refractivity contribution in [1.29, 1.82) is 0 Å². The summed E-state index contributed by atoms with van der Waals surface area (Å²) in [6.07, 6.45) is 6.05. The van der Waals surface area contributed by atoms with Gasteiger partial charge in [-0.2, -0.15) is 0 Å². The second-order valence-corrected chi connectivity index (χ2v) is 11.2. The van der Waals surface area contributed by atoms with Crippen LogP contribution in [0.5, 0.6) is 0 Å². The Kier molecular flexibility index (Phi) is 7.75. The summed E-state index contributed by atoms with van der Waals surface area (Å²) in [5.41, 5.74) is 7.23. The van der Waals surface area contributed by atoms with Crippen molar-refractivity contribution in [3.05, 3.63) is 126 Å². The number of amides is 1. The van der Waals surface area contributed by atoms with Crippen LogP contribution in [0, 0.1) is 0 Å². The molecule has 0 spiro atoms. The second-order valence-electron chi connectivity index (χ2n) is 10.8. The van der Waals surface area contributed by atoms with E-state index in [1.807, 2.05) is 59.1 Å². The highest BCUT2D eigenvalue weighted by molar-refractivity contribution is 6.34. The maximum Gasteiger partial charge on any atom is 0.257 e. The minimum absolute atomic E-state index is 0.279. The van der Waals surface area contributed by atoms with E-state index in [-0.39, 0.29) is 5.91 Å². The Bertz CT molecular complexity index is 1950. The van der Waals surface area contributed by atoms with Crippen LogP contribution in [0.4, 0.5) is 17.3 Å². The highest BCUT2D eigenvalue weighted by Crippen LogP contribution is 2.34. The largest absolute Gasteiger partial charge is 0.324 e. The Hall–Kier alpha value is -5.05. The first kappa shape index (κ1) is 27.8. The molecule has 1 aliphatic rings. The number of imidazole rings is 1. The normalized spacial score (nSPS) is 13.6. The summed E-state index contributed by atoms with van der Waals surface area (Å²) >= 11 is 6.26. The number of carbonyl (C=O) groups excluding carboxylic acids is 1. The highest BCUT2D eigenvalue weighted by Gasteiger charge is 2.19. The van der Waals surface area contributed by atoms with Crippen molar-refractivity contribution in [2.24, 2.45) is 0 Å². The third-order valence-electron chi connectivity index (χ3n) is 7.92. The molecular weight excluding hydrogens is 570 g/mol. The van der Waals surface area contributed by atoms with Gasteiger partial charge in [0.05, 0.1) is 27.7 Å². The van der Waals surface area contributed by atoms with E-state index < -0.39 is 0 Å². The standard InChI is InChI=1S/C35H30ClN7O/c36-29-9-2-1-8-28(29)34(44)39-27-7-5-6-25(22-27)32-33(43-21-4-3-10-31(43)42-32)30-17-20-38-35(41-30)40-26-13-11-23(12-14-26)24-15-18-37-19-16-24/h1-14,17,20-22,24,37H,15-16,18-19H2,(H,39,44)(H,38,40,41). The van der Waals surface area contributed by atoms with E-state index in [0.717, 1.165) is 54.2 Å². The smallest absolute Gasteiger partial charge is 0.257 e. The van der Waals surface area contributed by atoms with E-state index in [0.29, 0.717) is 33.8 Å². The topological polar surface area (TPSA) is 96.2 Å². The minimum Gasteiger partial charge on any atom is -0.324 e. The van der Waals surface area contributed by atoms with Gasteiger partial charge in [-0.15, -0.1) is 0 Å². The molecule has 9 heteroatoms. The number of hydrogen-bond donors (Lipinski definition) is 3. The summed E-state index contributed by atoms with van der Waals surface area (Å²) in [5, 5.41) is 10.2. The Morgan fingerprint density at radius 1 is 0.864 bits per heavy atom. The van der Waals surface area contributed by atoms with Gasteiger partial charge in [-0.1, -0.05) is 54.1 Å². The fourth-order valence-electron chi connectivity index (χ4n) is 5.70. The van der Waals surface area contributed by atoms with Gasteiger partial charge in [-0.25, -0.2) is 15.0 Å². The number of anilines is 3. The molecule has 1 amide bonds. The molecule has 7 rings (SSSR count). The quantitative estimate of drug-likeness (QED) is 0.175. The van der Waals surface area contributed by atoms with E-state index in [4.69, 9.17) is 21.6 Å². The molecule has 0 atom stereocenters. The van der Waals surface area contributed by atoms with Crippen molar-refractivity contribution < 1.29 is 4.79 Å². The molecule has 3 aromatic carbocycles. The molecular formula is C35H30ClN7O. The molecule has 44 heavy (non-hydrogen) atoms. The first-order chi connectivity index (χ1) is 21.6. The summed E-state index contributed by atoms with van der Waals surface area (Å²) in [4.78, 5) is 27.3. The van der Waals surface area contributed by atoms with Crippen LogP contribution in [-0.2, 0) is 0 Å². The van der Waals surface area contributed by atoms with Crippen LogP contribution in [0.2, 0.25) is 5.02 Å². The lowest BCUT2D eigenvalue weighted by molar-refractivity contribution is 0.102. The molecule has 0 unspecified atom stereocenters. The van der Waals surface area contributed by atoms with E-state index in [9.17, 15) is 4.79 Å². The molecule has 0 aliphatic carbocycles. The predicted molar refractivity (Wildman–Crippen MR) is 176 cm³/mol. The van der Waals surface area contributed by atoms with Crippen LogP contribution < -0.4 is 16.0 Å². The molecule has 1 fully saturated rings. The van der Waals surface area contributed by atoms with Crippen molar-refractivity contribution in [2.75, 3.05) is 23.7 Å². The van der Waals surface area contributed by atoms with Crippen LogP contribution in [0.15, 0.2) is 109 Å². The molecule has 0 radical (unpaired) electrons. The van der Waals surface area contributed by atoms with Crippen molar-refractivity contribution in [3.8, 4) is 22.6 Å². The number of pyridine rings is 1. The SMILES string of the molecule is O=C(Nc1cccc(-c2nc3ccccn3c2-c2ccnc(Nc3ccc(C4CCNCC4)cc3)n2)c1)c1ccccc1Cl. The van der Waals surface area contributed by atoms with Gasteiger partial charge in [0.1, 0.15) is 5.65 Å². The summed E-state index contributed by atoms with van der Waals surface area (Å²) in [7, 11) is 0. The predicted octanol–water partition coefficient (Wildman–Crippen LogP) is 7.57. The van der Waals surface area contributed by atoms with Crippen molar-refractivity contribution in [2.45, 2.75) is 18.8 Å². The summed E-state index contributed by atoms with van der Waals surface area (Å²) < 4.78 is 2.02. The summed E-state index contributed by atoms with van der Waals surface area (Å²) in [6, 6.07) is 30.9. The highest BCUT2D eigenvalue weighted by atomic mass is 35.5. The second kappa shape index (κ2) is 12.3. The molecule has 3 aromatic heterocycles. The van der Waals surface area contributed by atoms with E-state index in [1.165, 1.54) is 5.56 Å². The van der Waals surface area contributed by atoms with Crippen LogP contribution in [0.3, 0.4) is 0 Å². The fraction of sp³-hybridized carbons (Fsp3) is 0.143. The Labute approximate surface area is 260 Å². The molecule has 0 saturated carbocycles. The lowest BCUT2D eigenvalue weighted by Crippen LogP contribution is -2.26. The first-order valence-corrected chi connectivity index (χ1v) is 15.0. The Morgan fingerprint density at radius 2 is 1.68 bits per heavy atom. The third kappa shape index (κ3) is 5.77. The molecule has 4 heterocycles. The molecule has 218 valence electrons. The lowest BCUT2D eigenvalue weighted by Gasteiger charge is -2.23. The number of hydrogen-bond acceptors (Lipinski definition) is 6. The fourth-order valence-corrected chi connectivity index (χ4v) is 5.93. The molecule has 0 bridgehead atoms. The van der Waals surface area contributed by atoms with Crippen LogP contribution >= 0.6 is 11.6 Å². The maximum absolute atomic E-state index is 13.0. The number of benzene rings is 3. The van der Waals surface area contributed by atoms with Gasteiger partial charge >= 0.3 is 0 Å². The number of nitrogens with one attached hydrogen (secondary N) is 3. The van der Waals surface area contributed by atoms with Crippen molar-refractivity contribution in [3.63, 3.8) is 0 Å². The zero-order valence-corrected chi connectivity index (χ0v) is 24.6. The number of halogens is 1. The minimum atomic E-state index is -0.279. The van der Waals surface area contributed by atoms with E-state index >= 15 is 0 Å². The van der Waals surface area contributed by atoms with Crippen LogP contribution in [0.25, 0.3) is 28.3 Å². The lowest BCUT2D eigenvalue weighted by atomic mass is 9.90. The van der Waals surface area contributed by atoms with Crippen LogP contribution in [-0.4, -0.2) is 38.3 Å². The number of rotatable bonds is 7. The van der Waals surface area contributed by atoms with Gasteiger partial charge in [-0.05, 0) is 92.0 Å². The molecule has 1 aliphatic heterocycles. The van der Waals surface area contributed by atoms with Crippen molar-refractivity contribution >= 4 is 40.5 Å². The molecule has 3 N–H and O–H groups in total. The van der Waals surface area contributed by atoms with E-state index in [2.05, 4.69) is 45.2 Å². The van der Waals surface area contributed by atoms with E-state index in [1.54, 1.807) is 30.5 Å². The van der Waals surface area contributed by atoms with Crippen LogP contribution in [0.1, 0.15) is 34.7 Å². The Balaban J connectivity index is 1.19. The number of aromatic nitrogens is 4. The average molecular weight is 600 g/mol. The summed E-state index contributed by atoms with van der Waals surface area (Å²) in [6.45, 7) is 2.14. The Morgan fingerprint density at radius 3 is 2.52 bits per heavy atom. The zero-order valence-electron chi connectivity index (χ0n) is 23.9. The van der Waals surface area contributed by atoms with Gasteiger partial charge in [0.15, 0.2) is 0 Å². The molecule has 1 saturated heterocycles. The molecule has 8 nitrogen and oxygen atoms in total. The monoisotopic (exact) mass is 599 g/mol. The first-order valence-electron chi connectivity index (χ1n) is 14.7. The third-order valence-corrected chi connectivity index (χ3v) is 8.25. The maximum atomic E-state index is 13.0. The summed E-state index contributed by atoms with van der Waals surface area (Å²) in [5.74, 6) is 0.814. The van der Waals surface area contributed by atoms with Gasteiger partial charge in [0.25, 0.3) is 5.91 Å². The van der Waals surface area contributed by atoms with Gasteiger partial charge < -0.3 is 16.0 Å². The number of fused-ring (bicyclic) bond motifs is 1. The number of piperidine rings is 1. The van der Waals surface area contributed by atoms with Gasteiger partial charge in [0.2, 0.25) is 5.95 Å². The zero-order chi connectivity index (χ0) is 29.9. The van der Waals surface area contributed by atoms with Gasteiger partial charge in [0, 0.05) is 29.3 Å². The number of nitrogens with zero attached hydrogens (tertiary/aromatic N) is 4. The number of carbonyl (C=O) groups is 1. The van der Waals surface area contributed by atoms with Crippen molar-refractivity contribution in [1.82, 2.24) is 24.7 Å². The average Bonchev–Trinajstić information content (AvgIpc) is 3.46. The molecule has 6 aromatic rings. The van der Waals surface area contributed by atoms with Gasteiger partial charge in [-0.3, -0.25) is 9.20 Å².